The Balaban J connectivity index is 1.78. The van der Waals surface area contributed by atoms with Gasteiger partial charge in [0, 0.05) is 57.2 Å². The summed E-state index contributed by atoms with van der Waals surface area (Å²) in [5, 5.41) is 9.14. The van der Waals surface area contributed by atoms with Gasteiger partial charge in [-0.15, -0.1) is 0 Å². The third-order valence-corrected chi connectivity index (χ3v) is 6.15. The van der Waals surface area contributed by atoms with Gasteiger partial charge in [0.15, 0.2) is 0 Å². The Labute approximate surface area is 187 Å². The van der Waals surface area contributed by atoms with Crippen LogP contribution in [-0.2, 0) is 6.18 Å². The molecule has 0 unspecified atom stereocenters. The highest BCUT2D eigenvalue weighted by Gasteiger charge is 2.33. The number of para-hydroxylation sites is 1. The van der Waals surface area contributed by atoms with Crippen LogP contribution in [0.4, 0.5) is 24.5 Å². The molecule has 2 heterocycles. The van der Waals surface area contributed by atoms with E-state index in [1.54, 1.807) is 18.2 Å². The summed E-state index contributed by atoms with van der Waals surface area (Å²) in [4.78, 5) is 4.80. The van der Waals surface area contributed by atoms with Crippen molar-refractivity contribution in [3.63, 3.8) is 0 Å². The number of benzene rings is 2. The first kappa shape index (κ1) is 15.1. The molecule has 4 nitrogen and oxygen atoms in total. The maximum atomic E-state index is 13.6. The molecule has 0 amide bonds. The number of halogens is 3. The van der Waals surface area contributed by atoms with E-state index in [9.17, 15) is 13.2 Å². The molecule has 0 radical (unpaired) electrons. The van der Waals surface area contributed by atoms with E-state index in [1.807, 2.05) is 4.90 Å². The van der Waals surface area contributed by atoms with Crippen LogP contribution in [0.25, 0.3) is 0 Å². The van der Waals surface area contributed by atoms with E-state index in [0.717, 1.165) is 28.8 Å². The van der Waals surface area contributed by atoms with E-state index in [2.05, 4.69) is 0 Å². The van der Waals surface area contributed by atoms with Gasteiger partial charge in [-0.25, -0.2) is 0 Å². The number of nitrogens with zero attached hydrogens (tertiary/aromatic N) is 3. The summed E-state index contributed by atoms with van der Waals surface area (Å²) < 4.78 is 93.3. The molecule has 1 fully saturated rings. The van der Waals surface area contributed by atoms with Crippen molar-refractivity contribution in [3.8, 4) is 0 Å². The monoisotopic (exact) mass is 443 g/mol. The van der Waals surface area contributed by atoms with Crippen LogP contribution in [-0.4, -0.2) is 67.2 Å². The second kappa shape index (κ2) is 9.18. The summed E-state index contributed by atoms with van der Waals surface area (Å²) in [6.45, 7) is -4.64. The number of aliphatic hydroxyl groups is 1. The molecule has 4 rings (SSSR count). The molecule has 0 atom stereocenters. The quantitative estimate of drug-likeness (QED) is 0.719. The van der Waals surface area contributed by atoms with Gasteiger partial charge in [0.2, 0.25) is 0 Å². The number of hydrogen-bond donors (Lipinski definition) is 1. The van der Waals surface area contributed by atoms with Crippen molar-refractivity contribution in [2.75, 3.05) is 57.2 Å². The topological polar surface area (TPSA) is 30.0 Å². The zero-order valence-corrected chi connectivity index (χ0v) is 16.9. The fraction of sp³-hybridized carbons (Fsp3) is 0.455. The van der Waals surface area contributed by atoms with Gasteiger partial charge >= 0.3 is 6.18 Å². The van der Waals surface area contributed by atoms with Gasteiger partial charge < -0.3 is 14.9 Å². The molecule has 0 saturated carbocycles. The molecule has 0 aliphatic carbocycles. The van der Waals surface area contributed by atoms with Crippen LogP contribution in [0.1, 0.15) is 20.2 Å². The largest absolute Gasteiger partial charge is 0.416 e. The zero-order valence-electron chi connectivity index (χ0n) is 22.1. The van der Waals surface area contributed by atoms with Crippen molar-refractivity contribution in [2.45, 2.75) is 22.3 Å². The van der Waals surface area contributed by atoms with Crippen molar-refractivity contribution in [1.82, 2.24) is 9.80 Å². The average molecular weight is 444 g/mol. The fourth-order valence-corrected chi connectivity index (χ4v) is 4.47. The molecule has 0 spiro atoms. The number of fused-ring (bicyclic) bond motifs is 2. The summed E-state index contributed by atoms with van der Waals surface area (Å²) in [5.74, 6) is 0. The Morgan fingerprint density at radius 1 is 0.933 bits per heavy atom. The maximum absolute atomic E-state index is 13.6. The van der Waals surface area contributed by atoms with Crippen molar-refractivity contribution in [2.24, 2.45) is 0 Å². The minimum Gasteiger partial charge on any atom is -0.395 e. The lowest BCUT2D eigenvalue weighted by molar-refractivity contribution is -0.137. The lowest BCUT2D eigenvalue weighted by atomic mass is 10.1. The molecule has 162 valence electrons. The van der Waals surface area contributed by atoms with Gasteiger partial charge in [-0.2, -0.15) is 13.2 Å². The number of aliphatic hydroxyl groups excluding tert-OH is 1. The Hall–Kier alpha value is -1.74. The Kier molecular flexibility index (Phi) is 4.63. The summed E-state index contributed by atoms with van der Waals surface area (Å²) in [5.41, 5.74) is -1.02. The molecule has 2 aromatic rings. The maximum Gasteiger partial charge on any atom is 0.416 e. The van der Waals surface area contributed by atoms with Crippen LogP contribution in [0.15, 0.2) is 52.3 Å². The second-order valence-corrected chi connectivity index (χ2v) is 8.07. The smallest absolute Gasteiger partial charge is 0.395 e. The van der Waals surface area contributed by atoms with Crippen LogP contribution < -0.4 is 4.90 Å². The SMILES string of the molecule is [2H]C([2H])(N1CCN(CCO)CC1)C([2H])([2H])C([2H])([2H])N1c2ccccc2Sc2ccc(C(F)(F)F)cc21. The van der Waals surface area contributed by atoms with Gasteiger partial charge in [0.25, 0.3) is 0 Å². The number of β-amino-alcohol motifs (C(OH)–C–C–N with tert-alkyl or cyclic N) is 1. The number of alkyl halides is 3. The van der Waals surface area contributed by atoms with E-state index in [1.165, 1.54) is 17.0 Å². The molecule has 8 heteroatoms. The minimum absolute atomic E-state index is 0.0675. The predicted octanol–water partition coefficient (Wildman–Crippen LogP) is 4.31. The third kappa shape index (κ3) is 4.77. The summed E-state index contributed by atoms with van der Waals surface area (Å²) in [6, 6.07) is 9.33. The normalized spacial score (nSPS) is 22.1. The lowest BCUT2D eigenvalue weighted by Gasteiger charge is -2.36. The number of hydrogen-bond acceptors (Lipinski definition) is 5. The van der Waals surface area contributed by atoms with E-state index in [4.69, 9.17) is 13.3 Å². The number of rotatable bonds is 6. The van der Waals surface area contributed by atoms with Gasteiger partial charge in [0.1, 0.15) is 0 Å². The number of piperazine rings is 1. The molecular weight excluding hydrogens is 411 g/mol. The summed E-state index contributed by atoms with van der Waals surface area (Å²) >= 11 is 1.14. The van der Waals surface area contributed by atoms with Crippen molar-refractivity contribution >= 4 is 23.1 Å². The van der Waals surface area contributed by atoms with Crippen molar-refractivity contribution < 1.29 is 26.5 Å². The minimum atomic E-state index is -4.70. The van der Waals surface area contributed by atoms with Gasteiger partial charge in [-0.05, 0) is 43.2 Å². The first-order valence-corrected chi connectivity index (χ1v) is 10.4. The van der Waals surface area contributed by atoms with Crippen LogP contribution in [0.2, 0.25) is 0 Å². The number of anilines is 2. The van der Waals surface area contributed by atoms with Crippen molar-refractivity contribution in [1.29, 1.82) is 0 Å². The van der Waals surface area contributed by atoms with E-state index in [0.29, 0.717) is 29.4 Å². The Morgan fingerprint density at radius 2 is 1.63 bits per heavy atom. The first-order valence-electron chi connectivity index (χ1n) is 12.6. The second-order valence-electron chi connectivity index (χ2n) is 6.99. The van der Waals surface area contributed by atoms with Crippen LogP contribution >= 0.6 is 11.8 Å². The summed E-state index contributed by atoms with van der Waals surface area (Å²) in [7, 11) is 0. The molecule has 0 aromatic heterocycles. The Morgan fingerprint density at radius 3 is 2.37 bits per heavy atom. The molecule has 1 saturated heterocycles. The lowest BCUT2D eigenvalue weighted by Crippen LogP contribution is -2.47. The molecule has 2 aliphatic rings. The van der Waals surface area contributed by atoms with Gasteiger partial charge in [0.05, 0.1) is 23.5 Å². The molecule has 30 heavy (non-hydrogen) atoms. The van der Waals surface area contributed by atoms with Gasteiger partial charge in [-0.1, -0.05) is 23.9 Å². The van der Waals surface area contributed by atoms with Crippen molar-refractivity contribution in [3.05, 3.63) is 48.0 Å². The van der Waals surface area contributed by atoms with Crippen LogP contribution in [0.5, 0.6) is 0 Å². The average Bonchev–Trinajstić information content (AvgIpc) is 2.81. The molecule has 1 N–H and O–H groups in total. The first-order chi connectivity index (χ1) is 16.7. The zero-order chi connectivity index (χ0) is 26.5. The highest BCUT2D eigenvalue weighted by Crippen LogP contribution is 2.49. The third-order valence-electron chi connectivity index (χ3n) is 5.02. The standard InChI is InChI=1S/C22H26F3N3OS/c23-22(24,25)17-6-7-21-19(16-17)28(18-4-1-2-5-20(18)30-21)9-3-8-26-10-12-27(13-11-26)14-15-29/h1-2,4-7,16,29H,3,8-15H2/i3D2,8D2,9D2. The molecule has 2 aromatic carbocycles. The van der Waals surface area contributed by atoms with Crippen LogP contribution in [0, 0.1) is 0 Å². The fourth-order valence-electron chi connectivity index (χ4n) is 3.44. The van der Waals surface area contributed by atoms with E-state index >= 15 is 0 Å². The Bertz CT molecular complexity index is 1110. The predicted molar refractivity (Wildman–Crippen MR) is 114 cm³/mol. The van der Waals surface area contributed by atoms with E-state index < -0.39 is 31.1 Å². The molecule has 2 aliphatic heterocycles. The van der Waals surface area contributed by atoms with Gasteiger partial charge in [-0.3, -0.25) is 4.90 Å². The van der Waals surface area contributed by atoms with Crippen LogP contribution in [0.3, 0.4) is 0 Å². The van der Waals surface area contributed by atoms with E-state index in [-0.39, 0.29) is 31.1 Å². The highest BCUT2D eigenvalue weighted by molar-refractivity contribution is 7.99. The highest BCUT2D eigenvalue weighted by atomic mass is 32.2. The summed E-state index contributed by atoms with van der Waals surface area (Å²) in [6.07, 6.45) is -7.88. The molecule has 0 bridgehead atoms. The molecular formula is C22H26F3N3OS.